The summed E-state index contributed by atoms with van der Waals surface area (Å²) in [7, 11) is 0. The van der Waals surface area contributed by atoms with Crippen molar-refractivity contribution in [2.45, 2.75) is 18.9 Å². The number of carbonyl (C=O) groups excluding carboxylic acids is 1. The van der Waals surface area contributed by atoms with E-state index in [9.17, 15) is 9.18 Å². The predicted molar refractivity (Wildman–Crippen MR) is 48.7 cm³/mol. The van der Waals surface area contributed by atoms with Gasteiger partial charge in [0, 0.05) is 0 Å². The number of aldehydes is 1. The van der Waals surface area contributed by atoms with Gasteiger partial charge in [0.1, 0.15) is 0 Å². The van der Waals surface area contributed by atoms with Crippen LogP contribution in [0.4, 0.5) is 4.39 Å². The van der Waals surface area contributed by atoms with Crippen LogP contribution in [-0.4, -0.2) is 29.2 Å². The second kappa shape index (κ2) is 3.88. The van der Waals surface area contributed by atoms with E-state index in [0.29, 0.717) is 6.29 Å². The summed E-state index contributed by atoms with van der Waals surface area (Å²) in [6.45, 7) is 1.75. The average Bonchev–Trinajstić information content (AvgIpc) is 2.61. The van der Waals surface area contributed by atoms with E-state index in [4.69, 9.17) is 0 Å². The third-order valence-corrected chi connectivity index (χ3v) is 2.54. The van der Waals surface area contributed by atoms with Gasteiger partial charge < -0.3 is 5.32 Å². The fourth-order valence-corrected chi connectivity index (χ4v) is 1.75. The third kappa shape index (κ3) is 1.55. The number of halogens is 1. The molecule has 2 heterocycles. The Hall–Kier alpha value is -1.23. The largest absolute Gasteiger partial charge is 0.317 e. The van der Waals surface area contributed by atoms with Gasteiger partial charge in [-0.05, 0) is 25.9 Å². The molecule has 1 aliphatic rings. The fraction of sp³-hybridized carbons (Fsp3) is 0.556. The molecule has 0 aliphatic carbocycles. The summed E-state index contributed by atoms with van der Waals surface area (Å²) in [6.07, 6.45) is 3.50. The number of hydrogen-bond donors (Lipinski definition) is 1. The zero-order valence-corrected chi connectivity index (χ0v) is 7.74. The lowest BCUT2D eigenvalue weighted by molar-refractivity contribution is 0.111. The highest BCUT2D eigenvalue weighted by atomic mass is 19.1. The van der Waals surface area contributed by atoms with Crippen LogP contribution in [0.5, 0.6) is 0 Å². The van der Waals surface area contributed by atoms with Crippen LogP contribution in [0.25, 0.3) is 0 Å². The van der Waals surface area contributed by atoms with Gasteiger partial charge in [0.05, 0.1) is 17.8 Å². The number of piperidine rings is 1. The van der Waals surface area contributed by atoms with Crippen LogP contribution < -0.4 is 5.32 Å². The highest BCUT2D eigenvalue weighted by Gasteiger charge is 2.20. The summed E-state index contributed by atoms with van der Waals surface area (Å²) >= 11 is 0. The Labute approximate surface area is 81.1 Å². The standard InChI is InChI=1S/C9H12FN3O/c10-9-7(6-14)5-12-13(9)8-1-3-11-4-2-8/h5-6,8,11H,1-4H2. The van der Waals surface area contributed by atoms with Gasteiger partial charge in [0.25, 0.3) is 0 Å². The second-order valence-corrected chi connectivity index (χ2v) is 3.43. The van der Waals surface area contributed by atoms with Crippen LogP contribution >= 0.6 is 0 Å². The van der Waals surface area contributed by atoms with Crippen LogP contribution in [0, 0.1) is 5.95 Å². The highest BCUT2D eigenvalue weighted by molar-refractivity contribution is 5.73. The summed E-state index contributed by atoms with van der Waals surface area (Å²) < 4.78 is 14.8. The number of carbonyl (C=O) groups is 1. The molecule has 4 nitrogen and oxygen atoms in total. The van der Waals surface area contributed by atoms with Crippen molar-refractivity contribution in [2.24, 2.45) is 0 Å². The summed E-state index contributed by atoms with van der Waals surface area (Å²) in [5, 5.41) is 7.08. The molecule has 0 radical (unpaired) electrons. The Bertz CT molecular complexity index is 331. The van der Waals surface area contributed by atoms with E-state index >= 15 is 0 Å². The van der Waals surface area contributed by atoms with Gasteiger partial charge in [-0.1, -0.05) is 0 Å². The topological polar surface area (TPSA) is 46.9 Å². The van der Waals surface area contributed by atoms with Crippen molar-refractivity contribution in [1.29, 1.82) is 0 Å². The lowest BCUT2D eigenvalue weighted by Crippen LogP contribution is -2.30. The van der Waals surface area contributed by atoms with Gasteiger partial charge in [-0.3, -0.25) is 4.79 Å². The zero-order valence-electron chi connectivity index (χ0n) is 7.74. The lowest BCUT2D eigenvalue weighted by atomic mass is 10.1. The minimum Gasteiger partial charge on any atom is -0.317 e. The van der Waals surface area contributed by atoms with Gasteiger partial charge in [-0.2, -0.15) is 9.49 Å². The normalized spacial score (nSPS) is 18.4. The Morgan fingerprint density at radius 1 is 1.57 bits per heavy atom. The molecule has 0 amide bonds. The first-order valence-corrected chi connectivity index (χ1v) is 4.72. The molecule has 0 spiro atoms. The smallest absolute Gasteiger partial charge is 0.222 e. The second-order valence-electron chi connectivity index (χ2n) is 3.43. The maximum Gasteiger partial charge on any atom is 0.222 e. The molecule has 1 aromatic rings. The molecule has 14 heavy (non-hydrogen) atoms. The molecule has 1 N–H and O–H groups in total. The number of hydrogen-bond acceptors (Lipinski definition) is 3. The molecule has 0 unspecified atom stereocenters. The van der Waals surface area contributed by atoms with Crippen molar-refractivity contribution in [3.05, 3.63) is 17.7 Å². The molecular weight excluding hydrogens is 185 g/mol. The molecule has 0 atom stereocenters. The molecule has 0 saturated carbocycles. The summed E-state index contributed by atoms with van der Waals surface area (Å²) in [6, 6.07) is 0.0879. The number of rotatable bonds is 2. The van der Waals surface area contributed by atoms with Crippen molar-refractivity contribution in [1.82, 2.24) is 15.1 Å². The van der Waals surface area contributed by atoms with E-state index in [1.165, 1.54) is 10.9 Å². The average molecular weight is 197 g/mol. The van der Waals surface area contributed by atoms with E-state index < -0.39 is 5.95 Å². The summed E-state index contributed by atoms with van der Waals surface area (Å²) in [4.78, 5) is 10.4. The SMILES string of the molecule is O=Cc1cnn(C2CCNCC2)c1F. The first-order chi connectivity index (χ1) is 6.83. The summed E-state index contributed by atoms with van der Waals surface area (Å²) in [5.41, 5.74) is 0.0449. The minimum absolute atomic E-state index is 0.0449. The lowest BCUT2D eigenvalue weighted by Gasteiger charge is -2.22. The van der Waals surface area contributed by atoms with Crippen molar-refractivity contribution in [3.8, 4) is 0 Å². The first-order valence-electron chi connectivity index (χ1n) is 4.72. The van der Waals surface area contributed by atoms with Gasteiger partial charge in [0.15, 0.2) is 6.29 Å². The van der Waals surface area contributed by atoms with Crippen molar-refractivity contribution >= 4 is 6.29 Å². The first kappa shape index (κ1) is 9.33. The van der Waals surface area contributed by atoms with Crippen LogP contribution in [0.3, 0.4) is 0 Å². The van der Waals surface area contributed by atoms with E-state index in [0.717, 1.165) is 25.9 Å². The van der Waals surface area contributed by atoms with E-state index in [1.807, 2.05) is 0 Å². The monoisotopic (exact) mass is 197 g/mol. The van der Waals surface area contributed by atoms with Gasteiger partial charge in [-0.25, -0.2) is 4.68 Å². The molecule has 1 aromatic heterocycles. The quantitative estimate of drug-likeness (QED) is 0.712. The maximum atomic E-state index is 13.5. The minimum atomic E-state index is -0.507. The highest BCUT2D eigenvalue weighted by Crippen LogP contribution is 2.19. The zero-order chi connectivity index (χ0) is 9.97. The molecule has 1 aliphatic heterocycles. The van der Waals surface area contributed by atoms with Gasteiger partial charge in [-0.15, -0.1) is 0 Å². The third-order valence-electron chi connectivity index (χ3n) is 2.54. The van der Waals surface area contributed by atoms with Crippen LogP contribution in [-0.2, 0) is 0 Å². The number of nitrogens with one attached hydrogen (secondary N) is 1. The van der Waals surface area contributed by atoms with Crippen LogP contribution in [0.15, 0.2) is 6.20 Å². The van der Waals surface area contributed by atoms with Crippen LogP contribution in [0.1, 0.15) is 29.2 Å². The molecule has 2 rings (SSSR count). The number of aromatic nitrogens is 2. The van der Waals surface area contributed by atoms with E-state index in [-0.39, 0.29) is 11.6 Å². The van der Waals surface area contributed by atoms with E-state index in [1.54, 1.807) is 0 Å². The predicted octanol–water partition coefficient (Wildman–Crippen LogP) is 0.759. The Morgan fingerprint density at radius 3 is 2.86 bits per heavy atom. The molecule has 5 heteroatoms. The molecule has 76 valence electrons. The van der Waals surface area contributed by atoms with E-state index in [2.05, 4.69) is 10.4 Å². The van der Waals surface area contributed by atoms with Crippen molar-refractivity contribution < 1.29 is 9.18 Å². The maximum absolute atomic E-state index is 13.5. The van der Waals surface area contributed by atoms with Gasteiger partial charge in [0.2, 0.25) is 5.95 Å². The Balaban J connectivity index is 2.22. The number of nitrogens with zero attached hydrogens (tertiary/aromatic N) is 2. The van der Waals surface area contributed by atoms with Crippen LogP contribution in [0.2, 0.25) is 0 Å². The molecule has 0 aromatic carbocycles. The van der Waals surface area contributed by atoms with Crippen molar-refractivity contribution in [2.75, 3.05) is 13.1 Å². The molecule has 1 saturated heterocycles. The Morgan fingerprint density at radius 2 is 2.29 bits per heavy atom. The molecule has 0 bridgehead atoms. The molecule has 1 fully saturated rings. The fourth-order valence-electron chi connectivity index (χ4n) is 1.75. The van der Waals surface area contributed by atoms with Crippen molar-refractivity contribution in [3.63, 3.8) is 0 Å². The molecular formula is C9H12FN3O. The Kier molecular flexibility index (Phi) is 2.58. The van der Waals surface area contributed by atoms with Gasteiger partial charge >= 0.3 is 0 Å². The summed E-state index contributed by atoms with van der Waals surface area (Å²) in [5.74, 6) is -0.507.